The van der Waals surface area contributed by atoms with Crippen LogP contribution in [0.3, 0.4) is 0 Å². The van der Waals surface area contributed by atoms with Gasteiger partial charge in [0.25, 0.3) is 5.91 Å². The molecule has 2 aromatic rings. The molecule has 0 aliphatic carbocycles. The zero-order chi connectivity index (χ0) is 26.5. The summed E-state index contributed by atoms with van der Waals surface area (Å²) in [6.07, 6.45) is 2.29. The second kappa shape index (κ2) is 12.1. The van der Waals surface area contributed by atoms with E-state index in [2.05, 4.69) is 5.32 Å². The third-order valence-electron chi connectivity index (χ3n) is 6.23. The SMILES string of the molecule is O=C(COc1ccc(S(=O)(=O)N2CCOCC2)cc1Cl)NCCc1ccc(S(=O)(=O)N2CCCC2)cc1. The minimum Gasteiger partial charge on any atom is -0.482 e. The number of sulfonamides is 2. The average molecular weight is 572 g/mol. The minimum atomic E-state index is -3.69. The van der Waals surface area contributed by atoms with E-state index in [0.29, 0.717) is 39.3 Å². The summed E-state index contributed by atoms with van der Waals surface area (Å²) in [5, 5.41) is 2.83. The maximum Gasteiger partial charge on any atom is 0.257 e. The zero-order valence-corrected chi connectivity index (χ0v) is 22.7. The van der Waals surface area contributed by atoms with Crippen molar-refractivity contribution in [3.63, 3.8) is 0 Å². The van der Waals surface area contributed by atoms with Crippen molar-refractivity contribution in [3.05, 3.63) is 53.1 Å². The van der Waals surface area contributed by atoms with Crippen LogP contribution in [0.1, 0.15) is 18.4 Å². The van der Waals surface area contributed by atoms with Gasteiger partial charge in [0.1, 0.15) is 5.75 Å². The molecule has 10 nitrogen and oxygen atoms in total. The highest BCUT2D eigenvalue weighted by molar-refractivity contribution is 7.89. The molecule has 0 aromatic heterocycles. The van der Waals surface area contributed by atoms with Crippen LogP contribution in [-0.4, -0.2) is 83.9 Å². The predicted octanol–water partition coefficient (Wildman–Crippen LogP) is 1.88. The number of hydrogen-bond donors (Lipinski definition) is 1. The van der Waals surface area contributed by atoms with Crippen LogP contribution in [0, 0.1) is 0 Å². The van der Waals surface area contributed by atoms with Crippen molar-refractivity contribution in [2.24, 2.45) is 0 Å². The Balaban J connectivity index is 1.24. The molecule has 0 unspecified atom stereocenters. The summed E-state index contributed by atoms with van der Waals surface area (Å²) in [7, 11) is -7.14. The largest absolute Gasteiger partial charge is 0.482 e. The van der Waals surface area contributed by atoms with Crippen molar-refractivity contribution < 1.29 is 31.1 Å². The van der Waals surface area contributed by atoms with Crippen LogP contribution in [0.15, 0.2) is 52.3 Å². The minimum absolute atomic E-state index is 0.0513. The monoisotopic (exact) mass is 571 g/mol. The van der Waals surface area contributed by atoms with Gasteiger partial charge in [0, 0.05) is 32.7 Å². The van der Waals surface area contributed by atoms with Gasteiger partial charge in [-0.1, -0.05) is 23.7 Å². The van der Waals surface area contributed by atoms with Gasteiger partial charge in [-0.15, -0.1) is 0 Å². The fourth-order valence-corrected chi connectivity index (χ4v) is 7.39. The first-order chi connectivity index (χ1) is 17.7. The van der Waals surface area contributed by atoms with Gasteiger partial charge in [0.15, 0.2) is 6.61 Å². The van der Waals surface area contributed by atoms with Crippen molar-refractivity contribution >= 4 is 37.6 Å². The molecule has 2 aliphatic rings. The molecule has 0 spiro atoms. The number of benzene rings is 2. The Labute approximate surface area is 222 Å². The first-order valence-electron chi connectivity index (χ1n) is 12.0. The van der Waals surface area contributed by atoms with Gasteiger partial charge >= 0.3 is 0 Å². The molecule has 2 heterocycles. The zero-order valence-electron chi connectivity index (χ0n) is 20.3. The lowest BCUT2D eigenvalue weighted by atomic mass is 10.1. The first kappa shape index (κ1) is 27.8. The number of carbonyl (C=O) groups is 1. The highest BCUT2D eigenvalue weighted by atomic mass is 35.5. The van der Waals surface area contributed by atoms with Gasteiger partial charge in [0.05, 0.1) is 28.0 Å². The first-order valence-corrected chi connectivity index (χ1v) is 15.3. The maximum atomic E-state index is 12.8. The summed E-state index contributed by atoms with van der Waals surface area (Å²) in [5.41, 5.74) is 0.890. The van der Waals surface area contributed by atoms with Crippen LogP contribution >= 0.6 is 11.6 Å². The van der Waals surface area contributed by atoms with Crippen LogP contribution in [0.2, 0.25) is 5.02 Å². The molecule has 2 aliphatic heterocycles. The Hall–Kier alpha value is -2.22. The fraction of sp³-hybridized carbons (Fsp3) is 0.458. The van der Waals surface area contributed by atoms with Crippen LogP contribution in [0.5, 0.6) is 5.75 Å². The number of rotatable bonds is 10. The normalized spacial score (nSPS) is 17.5. The van der Waals surface area contributed by atoms with E-state index in [1.165, 1.54) is 26.8 Å². The van der Waals surface area contributed by atoms with Gasteiger partial charge in [-0.2, -0.15) is 8.61 Å². The van der Waals surface area contributed by atoms with Crippen molar-refractivity contribution in [1.82, 2.24) is 13.9 Å². The third kappa shape index (κ3) is 6.81. The standard InChI is InChI=1S/C24H30ClN3O7S2/c25-22-17-21(37(32,33)28-13-15-34-16-14-28)7-8-23(22)35-18-24(29)26-10-9-19-3-5-20(6-4-19)36(30,31)27-11-1-2-12-27/h3-8,17H,1-2,9-16,18H2,(H,26,29). The van der Waals surface area contributed by atoms with E-state index < -0.39 is 20.0 Å². The lowest BCUT2D eigenvalue weighted by Crippen LogP contribution is -2.40. The molecule has 2 aromatic carbocycles. The van der Waals surface area contributed by atoms with Gasteiger partial charge < -0.3 is 14.8 Å². The summed E-state index contributed by atoms with van der Waals surface area (Å²) < 4.78 is 64.3. The summed E-state index contributed by atoms with van der Waals surface area (Å²) in [4.78, 5) is 12.5. The van der Waals surface area contributed by atoms with Crippen molar-refractivity contribution in [2.45, 2.75) is 29.1 Å². The molecule has 0 radical (unpaired) electrons. The lowest BCUT2D eigenvalue weighted by molar-refractivity contribution is -0.123. The van der Waals surface area contributed by atoms with Gasteiger partial charge in [-0.25, -0.2) is 16.8 Å². The van der Waals surface area contributed by atoms with Crippen LogP contribution in [0.25, 0.3) is 0 Å². The number of nitrogens with one attached hydrogen (secondary N) is 1. The summed E-state index contributed by atoms with van der Waals surface area (Å²) in [6.45, 7) is 2.40. The van der Waals surface area contributed by atoms with E-state index in [1.54, 1.807) is 24.3 Å². The van der Waals surface area contributed by atoms with Crippen molar-refractivity contribution in [2.75, 3.05) is 52.5 Å². The molecular formula is C24H30ClN3O7S2. The number of halogens is 1. The number of amides is 1. The fourth-order valence-electron chi connectivity index (χ4n) is 4.14. The van der Waals surface area contributed by atoms with Crippen LogP contribution < -0.4 is 10.1 Å². The highest BCUT2D eigenvalue weighted by Gasteiger charge is 2.28. The number of carbonyl (C=O) groups excluding carboxylic acids is 1. The quantitative estimate of drug-likeness (QED) is 0.462. The molecule has 4 rings (SSSR count). The Kier molecular flexibility index (Phi) is 9.09. The average Bonchev–Trinajstić information content (AvgIpc) is 3.45. The van der Waals surface area contributed by atoms with Gasteiger partial charge in [-0.05, 0) is 55.2 Å². The van der Waals surface area contributed by atoms with Crippen molar-refractivity contribution in [1.29, 1.82) is 0 Å². The van der Waals surface area contributed by atoms with Crippen molar-refractivity contribution in [3.8, 4) is 5.75 Å². The second-order valence-electron chi connectivity index (χ2n) is 8.75. The molecule has 202 valence electrons. The van der Waals surface area contributed by atoms with Crippen LogP contribution in [0.4, 0.5) is 0 Å². The van der Waals surface area contributed by atoms with E-state index in [9.17, 15) is 21.6 Å². The molecule has 2 saturated heterocycles. The Morgan fingerprint density at radius 1 is 0.892 bits per heavy atom. The van der Waals surface area contributed by atoms with Gasteiger partial charge in [0.2, 0.25) is 20.0 Å². The smallest absolute Gasteiger partial charge is 0.257 e. The number of ether oxygens (including phenoxy) is 2. The number of hydrogen-bond acceptors (Lipinski definition) is 7. The van der Waals surface area contributed by atoms with Gasteiger partial charge in [-0.3, -0.25) is 4.79 Å². The molecule has 0 saturated carbocycles. The maximum absolute atomic E-state index is 12.8. The summed E-state index contributed by atoms with van der Waals surface area (Å²) >= 11 is 6.22. The molecule has 1 N–H and O–H groups in total. The molecule has 13 heteroatoms. The Bertz CT molecular complexity index is 1310. The van der Waals surface area contributed by atoms with Crippen LogP contribution in [-0.2, 0) is 36.0 Å². The van der Waals surface area contributed by atoms with E-state index in [0.717, 1.165) is 18.4 Å². The van der Waals surface area contributed by atoms with E-state index in [1.807, 2.05) is 0 Å². The second-order valence-corrected chi connectivity index (χ2v) is 13.0. The van der Waals surface area contributed by atoms with E-state index in [-0.39, 0.29) is 46.2 Å². The van der Waals surface area contributed by atoms with E-state index in [4.69, 9.17) is 21.1 Å². The predicted molar refractivity (Wildman–Crippen MR) is 138 cm³/mol. The molecule has 2 fully saturated rings. The molecular weight excluding hydrogens is 542 g/mol. The Morgan fingerprint density at radius 2 is 1.49 bits per heavy atom. The number of nitrogens with zero attached hydrogens (tertiary/aromatic N) is 2. The topological polar surface area (TPSA) is 122 Å². The van der Waals surface area contributed by atoms with E-state index >= 15 is 0 Å². The number of morpholine rings is 1. The molecule has 0 atom stereocenters. The lowest BCUT2D eigenvalue weighted by Gasteiger charge is -2.26. The molecule has 1 amide bonds. The highest BCUT2D eigenvalue weighted by Crippen LogP contribution is 2.29. The third-order valence-corrected chi connectivity index (χ3v) is 10.3. The summed E-state index contributed by atoms with van der Waals surface area (Å²) in [6, 6.07) is 10.8. The molecule has 0 bridgehead atoms. The molecule has 37 heavy (non-hydrogen) atoms. The Morgan fingerprint density at radius 3 is 2.14 bits per heavy atom. The summed E-state index contributed by atoms with van der Waals surface area (Å²) in [5.74, 6) is -0.165.